The zero-order valence-corrected chi connectivity index (χ0v) is 17.7. The molecule has 0 bridgehead atoms. The van der Waals surface area contributed by atoms with E-state index in [2.05, 4.69) is 26.9 Å². The molecular weight excluding hydrogens is 412 g/mol. The van der Waals surface area contributed by atoms with Crippen molar-refractivity contribution in [1.29, 1.82) is 0 Å². The number of rotatable bonds is 5. The molecule has 0 radical (unpaired) electrons. The quantitative estimate of drug-likeness (QED) is 0.660. The van der Waals surface area contributed by atoms with Crippen molar-refractivity contribution in [2.45, 2.75) is 37.8 Å². The van der Waals surface area contributed by atoms with Gasteiger partial charge in [0.15, 0.2) is 0 Å². The number of amides is 1. The smallest absolute Gasteiger partial charge is 0.251 e. The Balaban J connectivity index is 1.52. The van der Waals surface area contributed by atoms with E-state index in [0.29, 0.717) is 11.0 Å². The van der Waals surface area contributed by atoms with Gasteiger partial charge in [0.25, 0.3) is 5.95 Å². The lowest BCUT2D eigenvalue weighted by molar-refractivity contribution is -0.120. The van der Waals surface area contributed by atoms with Gasteiger partial charge in [-0.3, -0.25) is 9.69 Å². The number of hydrogen-bond donors (Lipinski definition) is 1. The molecule has 8 heteroatoms. The van der Waals surface area contributed by atoms with Gasteiger partial charge in [0.2, 0.25) is 5.91 Å². The summed E-state index contributed by atoms with van der Waals surface area (Å²) in [7, 11) is 0. The fourth-order valence-corrected chi connectivity index (χ4v) is 4.49. The second-order valence-electron chi connectivity index (χ2n) is 7.97. The van der Waals surface area contributed by atoms with Crippen LogP contribution in [0.15, 0.2) is 60.7 Å². The molecule has 1 aromatic heterocycles. The van der Waals surface area contributed by atoms with Gasteiger partial charge in [-0.1, -0.05) is 72.0 Å². The molecule has 158 valence electrons. The molecule has 1 saturated carbocycles. The fourth-order valence-electron chi connectivity index (χ4n) is 4.37. The molecule has 1 atom stereocenters. The van der Waals surface area contributed by atoms with Crippen LogP contribution in [0, 0.1) is 0 Å². The van der Waals surface area contributed by atoms with E-state index in [9.17, 15) is 4.79 Å². The summed E-state index contributed by atoms with van der Waals surface area (Å²) in [5, 5.41) is 16.3. The molecule has 0 spiro atoms. The zero-order valence-electron chi connectivity index (χ0n) is 17.0. The maximum Gasteiger partial charge on any atom is 0.251 e. The molecule has 2 heterocycles. The van der Waals surface area contributed by atoms with Crippen LogP contribution in [-0.4, -0.2) is 38.7 Å². The first-order valence-corrected chi connectivity index (χ1v) is 10.9. The number of fused-ring (bicyclic) bond motifs is 1. The SMILES string of the molecule is O=C(CN1C(c2ccccc2)=C[C@H](c2ccc(Cl)cc2)n2nnnc21)NC1CCCC1. The Hall–Kier alpha value is -3.19. The van der Waals surface area contributed by atoms with Crippen molar-refractivity contribution in [3.63, 3.8) is 0 Å². The largest absolute Gasteiger partial charge is 0.352 e. The number of carbonyl (C=O) groups is 1. The van der Waals surface area contributed by atoms with E-state index in [1.54, 1.807) is 4.68 Å². The van der Waals surface area contributed by atoms with Gasteiger partial charge >= 0.3 is 0 Å². The lowest BCUT2D eigenvalue weighted by Gasteiger charge is -2.32. The van der Waals surface area contributed by atoms with E-state index in [-0.39, 0.29) is 24.5 Å². The summed E-state index contributed by atoms with van der Waals surface area (Å²) in [4.78, 5) is 14.8. The number of anilines is 1. The van der Waals surface area contributed by atoms with Crippen molar-refractivity contribution in [3.8, 4) is 0 Å². The van der Waals surface area contributed by atoms with Crippen LogP contribution in [0.2, 0.25) is 5.02 Å². The van der Waals surface area contributed by atoms with Gasteiger partial charge in [0, 0.05) is 11.1 Å². The lowest BCUT2D eigenvalue weighted by Crippen LogP contribution is -2.42. The average molecular weight is 435 g/mol. The molecule has 0 saturated heterocycles. The molecule has 1 amide bonds. The normalized spacial score (nSPS) is 18.5. The van der Waals surface area contributed by atoms with Crippen molar-refractivity contribution in [2.75, 3.05) is 11.4 Å². The van der Waals surface area contributed by atoms with Crippen molar-refractivity contribution >= 4 is 29.2 Å². The summed E-state index contributed by atoms with van der Waals surface area (Å²) in [6.07, 6.45) is 6.54. The Kier molecular flexibility index (Phi) is 5.42. The van der Waals surface area contributed by atoms with E-state index in [1.165, 1.54) is 12.8 Å². The predicted molar refractivity (Wildman–Crippen MR) is 120 cm³/mol. The summed E-state index contributed by atoms with van der Waals surface area (Å²) in [5.41, 5.74) is 2.93. The van der Waals surface area contributed by atoms with Gasteiger partial charge in [-0.15, -0.1) is 0 Å². The zero-order chi connectivity index (χ0) is 21.2. The van der Waals surface area contributed by atoms with Crippen LogP contribution in [0.25, 0.3) is 5.70 Å². The highest BCUT2D eigenvalue weighted by Crippen LogP contribution is 2.36. The maximum absolute atomic E-state index is 12.9. The number of nitrogens with zero attached hydrogens (tertiary/aromatic N) is 5. The van der Waals surface area contributed by atoms with Gasteiger partial charge < -0.3 is 5.32 Å². The molecule has 1 fully saturated rings. The van der Waals surface area contributed by atoms with Crippen LogP contribution in [0.1, 0.15) is 42.9 Å². The third-order valence-electron chi connectivity index (χ3n) is 5.89. The van der Waals surface area contributed by atoms with Gasteiger partial charge in [0.1, 0.15) is 12.6 Å². The number of carbonyl (C=O) groups excluding carboxylic acids is 1. The van der Waals surface area contributed by atoms with Crippen LogP contribution in [0.3, 0.4) is 0 Å². The Morgan fingerprint density at radius 3 is 2.55 bits per heavy atom. The molecule has 7 nitrogen and oxygen atoms in total. The number of hydrogen-bond acceptors (Lipinski definition) is 5. The first-order valence-electron chi connectivity index (χ1n) is 10.6. The fraction of sp³-hybridized carbons (Fsp3) is 0.304. The standard InChI is InChI=1S/C23H23ClN6O/c24-18-12-10-17(11-13-18)21-14-20(16-6-2-1-3-7-16)29(23-26-27-28-30(21)23)15-22(31)25-19-8-4-5-9-19/h1-3,6-7,10-14,19,21H,4-5,8-9,15H2,(H,25,31)/t21-/m1/s1. The number of tetrazole rings is 1. The van der Waals surface area contributed by atoms with Gasteiger partial charge in [-0.05, 0) is 52.6 Å². The summed E-state index contributed by atoms with van der Waals surface area (Å²) in [6.45, 7) is 0.158. The van der Waals surface area contributed by atoms with Gasteiger partial charge in [-0.2, -0.15) is 4.68 Å². The molecule has 0 unspecified atom stereocenters. The van der Waals surface area contributed by atoms with E-state index >= 15 is 0 Å². The number of benzene rings is 2. The van der Waals surface area contributed by atoms with E-state index in [1.807, 2.05) is 59.5 Å². The Bertz CT molecular complexity index is 1090. The van der Waals surface area contributed by atoms with Crippen molar-refractivity contribution in [2.24, 2.45) is 0 Å². The Morgan fingerprint density at radius 1 is 1.06 bits per heavy atom. The van der Waals surface area contributed by atoms with Crippen LogP contribution in [-0.2, 0) is 4.79 Å². The average Bonchev–Trinajstić information content (AvgIpc) is 3.47. The summed E-state index contributed by atoms with van der Waals surface area (Å²) in [5.74, 6) is 0.524. The second-order valence-corrected chi connectivity index (χ2v) is 8.41. The minimum Gasteiger partial charge on any atom is -0.352 e. The molecule has 1 aliphatic carbocycles. The number of aromatic nitrogens is 4. The van der Waals surface area contributed by atoms with Crippen LogP contribution in [0.4, 0.5) is 5.95 Å². The highest BCUT2D eigenvalue weighted by atomic mass is 35.5. The first-order chi connectivity index (χ1) is 15.2. The number of halogens is 1. The minimum atomic E-state index is -0.202. The van der Waals surface area contributed by atoms with E-state index < -0.39 is 0 Å². The molecule has 2 aromatic carbocycles. The highest BCUT2D eigenvalue weighted by molar-refractivity contribution is 6.30. The Labute approximate surface area is 185 Å². The van der Waals surface area contributed by atoms with Gasteiger partial charge in [0.05, 0.1) is 5.70 Å². The molecule has 3 aromatic rings. The first kappa shape index (κ1) is 19.8. The predicted octanol–water partition coefficient (Wildman–Crippen LogP) is 3.84. The van der Waals surface area contributed by atoms with Crippen LogP contribution in [0.5, 0.6) is 0 Å². The van der Waals surface area contributed by atoms with Crippen molar-refractivity contribution in [3.05, 3.63) is 76.8 Å². The Morgan fingerprint density at radius 2 is 1.81 bits per heavy atom. The lowest BCUT2D eigenvalue weighted by atomic mass is 10.0. The molecule has 2 aliphatic rings. The summed E-state index contributed by atoms with van der Waals surface area (Å²) in [6, 6.07) is 17.7. The van der Waals surface area contributed by atoms with Crippen molar-refractivity contribution < 1.29 is 4.79 Å². The van der Waals surface area contributed by atoms with Crippen LogP contribution < -0.4 is 10.2 Å². The molecule has 1 aliphatic heterocycles. The van der Waals surface area contributed by atoms with E-state index in [4.69, 9.17) is 11.6 Å². The van der Waals surface area contributed by atoms with Crippen LogP contribution >= 0.6 is 11.6 Å². The number of nitrogens with one attached hydrogen (secondary N) is 1. The summed E-state index contributed by atoms with van der Waals surface area (Å²) < 4.78 is 1.75. The van der Waals surface area contributed by atoms with Gasteiger partial charge in [-0.25, -0.2) is 0 Å². The molecule has 5 rings (SSSR count). The highest BCUT2D eigenvalue weighted by Gasteiger charge is 2.32. The second kappa shape index (κ2) is 8.51. The molecule has 1 N–H and O–H groups in total. The molecular formula is C23H23ClN6O. The van der Waals surface area contributed by atoms with Crippen molar-refractivity contribution in [1.82, 2.24) is 25.5 Å². The third-order valence-corrected chi connectivity index (χ3v) is 6.14. The number of allylic oxidation sites excluding steroid dienone is 1. The van der Waals surface area contributed by atoms with E-state index in [0.717, 1.165) is 29.7 Å². The monoisotopic (exact) mass is 434 g/mol. The molecule has 31 heavy (non-hydrogen) atoms. The minimum absolute atomic E-state index is 0.0202. The third kappa shape index (κ3) is 4.05. The topological polar surface area (TPSA) is 75.9 Å². The summed E-state index contributed by atoms with van der Waals surface area (Å²) >= 11 is 6.09. The maximum atomic E-state index is 12.9.